The van der Waals surface area contributed by atoms with E-state index in [1.165, 1.54) is 36.5 Å². The maximum absolute atomic E-state index is 14.1. The van der Waals surface area contributed by atoms with Crippen molar-refractivity contribution in [3.8, 4) is 16.2 Å². The highest BCUT2D eigenvalue weighted by molar-refractivity contribution is 7.13. The summed E-state index contributed by atoms with van der Waals surface area (Å²) >= 11 is 7.56. The number of aliphatic hydroxyl groups excluding tert-OH is 1. The molecule has 5 heterocycles. The number of ether oxygens (including phenoxy) is 1. The van der Waals surface area contributed by atoms with Gasteiger partial charge in [0, 0.05) is 94.3 Å². The number of aliphatic hydroxyl groups is 1. The minimum atomic E-state index is -0.929. The van der Waals surface area contributed by atoms with Crippen LogP contribution in [0.2, 0.25) is 5.02 Å². The molecular weight excluding hydrogens is 1030 g/mol. The standard InChI is InChI=1S/C56H69ClFN11O7S/c1-35-51(77-34-62-35)37-14-12-36(13-15-37)31-59-54(74)46-28-40(70)32-69(46)55(75)52(56(2,3)4)65-49(72)9-6-7-11-50(73)68-25-23-67(24-26-68)39-18-21-66(22-19-39)20-8-10-48(71)64-45-29-41-44(30-47(45)76-5)60-33-61-53(41)63-38-16-17-43(58)42(57)27-38/h8,10,12-17,27,29-30,33-34,39-40,46,52,70H,6-7,9,11,18-26,28,31-32H2,1-5H3,(H,59,74)(H,64,71)(H,65,72)(H,60,61,63)/b10-8+/t40-,46+,52?/m1/s1. The molecule has 77 heavy (non-hydrogen) atoms. The largest absolute Gasteiger partial charge is 0.494 e. The number of nitrogens with one attached hydrogen (secondary N) is 4. The fourth-order valence-corrected chi connectivity index (χ4v) is 11.2. The van der Waals surface area contributed by atoms with Crippen molar-refractivity contribution in [2.75, 3.05) is 70.1 Å². The molecule has 2 aromatic heterocycles. The maximum Gasteiger partial charge on any atom is 0.248 e. The molecule has 0 spiro atoms. The number of unbranched alkanes of at least 4 members (excludes halogenated alkanes) is 1. The maximum atomic E-state index is 14.1. The number of likely N-dealkylation sites (tertiary alicyclic amines) is 2. The summed E-state index contributed by atoms with van der Waals surface area (Å²) in [5.41, 5.74) is 5.58. The number of carbonyl (C=O) groups is 5. The molecule has 410 valence electrons. The summed E-state index contributed by atoms with van der Waals surface area (Å²) in [4.78, 5) is 89.6. The number of β-amino-alcohol motifs (C(OH)–C–C–N with tert-alkyl or cyclic N) is 1. The fourth-order valence-electron chi connectivity index (χ4n) is 10.2. The molecule has 3 aliphatic rings. The van der Waals surface area contributed by atoms with Gasteiger partial charge in [0.2, 0.25) is 29.5 Å². The molecule has 8 rings (SSSR count). The summed E-state index contributed by atoms with van der Waals surface area (Å²) in [5.74, 6) is -0.994. The second-order valence-corrected chi connectivity index (χ2v) is 22.3. The van der Waals surface area contributed by atoms with Gasteiger partial charge in [0.1, 0.15) is 35.8 Å². The van der Waals surface area contributed by atoms with Gasteiger partial charge in [0.05, 0.1) is 45.5 Å². The van der Waals surface area contributed by atoms with E-state index in [2.05, 4.69) is 46.0 Å². The van der Waals surface area contributed by atoms with Crippen LogP contribution in [-0.2, 0) is 30.5 Å². The highest BCUT2D eigenvalue weighted by Gasteiger charge is 2.44. The Labute approximate surface area is 457 Å². The Morgan fingerprint density at radius 2 is 1.69 bits per heavy atom. The van der Waals surface area contributed by atoms with Gasteiger partial charge in [-0.3, -0.25) is 33.8 Å². The molecule has 1 unspecified atom stereocenters. The van der Waals surface area contributed by atoms with Crippen molar-refractivity contribution < 1.29 is 38.2 Å². The summed E-state index contributed by atoms with van der Waals surface area (Å²) in [6.07, 6.45) is 7.44. The van der Waals surface area contributed by atoms with Crippen LogP contribution in [0.5, 0.6) is 5.75 Å². The van der Waals surface area contributed by atoms with E-state index < -0.39 is 35.3 Å². The number of halogens is 2. The van der Waals surface area contributed by atoms with Crippen molar-refractivity contribution in [3.05, 3.63) is 101 Å². The zero-order valence-electron chi connectivity index (χ0n) is 44.3. The highest BCUT2D eigenvalue weighted by Crippen LogP contribution is 2.34. The summed E-state index contributed by atoms with van der Waals surface area (Å²) < 4.78 is 19.3. The molecule has 3 atom stereocenters. The van der Waals surface area contributed by atoms with Gasteiger partial charge in [-0.15, -0.1) is 11.3 Å². The number of aromatic nitrogens is 3. The first-order valence-electron chi connectivity index (χ1n) is 26.3. The zero-order valence-corrected chi connectivity index (χ0v) is 45.9. The van der Waals surface area contributed by atoms with Crippen LogP contribution in [0.15, 0.2) is 78.6 Å². The van der Waals surface area contributed by atoms with Crippen molar-refractivity contribution in [2.45, 2.75) is 103 Å². The summed E-state index contributed by atoms with van der Waals surface area (Å²) in [6, 6.07) is 14.2. The average molecular weight is 1090 g/mol. The van der Waals surface area contributed by atoms with E-state index in [-0.39, 0.29) is 54.6 Å². The fraction of sp³-hybridized carbons (Fsp3) is 0.464. The van der Waals surface area contributed by atoms with E-state index in [9.17, 15) is 33.5 Å². The second-order valence-electron chi connectivity index (χ2n) is 21.0. The number of methoxy groups -OCH3 is 1. The van der Waals surface area contributed by atoms with Crippen LogP contribution >= 0.6 is 22.9 Å². The zero-order chi connectivity index (χ0) is 54.8. The van der Waals surface area contributed by atoms with Gasteiger partial charge in [-0.1, -0.05) is 62.7 Å². The van der Waals surface area contributed by atoms with Gasteiger partial charge >= 0.3 is 0 Å². The Morgan fingerprint density at radius 3 is 2.38 bits per heavy atom. The molecule has 21 heteroatoms. The number of carbonyl (C=O) groups excluding carboxylic acids is 5. The van der Waals surface area contributed by atoms with Crippen molar-refractivity contribution in [1.82, 2.24) is 45.2 Å². The quantitative estimate of drug-likeness (QED) is 0.0414. The Balaban J connectivity index is 0.720. The molecule has 0 saturated carbocycles. The van der Waals surface area contributed by atoms with E-state index >= 15 is 0 Å². The Morgan fingerprint density at radius 1 is 0.948 bits per heavy atom. The third-order valence-corrected chi connectivity index (χ3v) is 15.8. The molecule has 0 bridgehead atoms. The normalized spacial score (nSPS) is 18.1. The minimum absolute atomic E-state index is 0.00941. The van der Waals surface area contributed by atoms with Gasteiger partial charge in [0.25, 0.3) is 0 Å². The number of thiazole rings is 1. The number of nitrogens with zero attached hydrogens (tertiary/aromatic N) is 7. The lowest BCUT2D eigenvalue weighted by molar-refractivity contribution is -0.144. The molecule has 3 saturated heterocycles. The molecule has 5 aromatic rings. The summed E-state index contributed by atoms with van der Waals surface area (Å²) in [6.45, 7) is 13.0. The number of piperidine rings is 1. The van der Waals surface area contributed by atoms with E-state index in [1.807, 2.05) is 68.4 Å². The SMILES string of the molecule is COc1cc2ncnc(Nc3ccc(F)c(Cl)c3)c2cc1NC(=O)/C=C/CN1CCC(N2CCN(C(=O)CCCCC(=O)NC(C(=O)N3C[C@H](O)C[C@H]3C(=O)NCc3ccc(-c4scnc4C)cc3)C(C)(C)C)CC2)CC1. The van der Waals surface area contributed by atoms with Crippen LogP contribution in [0.25, 0.3) is 21.3 Å². The number of aryl methyl sites for hydroxylation is 1. The minimum Gasteiger partial charge on any atom is -0.494 e. The smallest absolute Gasteiger partial charge is 0.248 e. The Hall–Kier alpha value is -6.58. The van der Waals surface area contributed by atoms with E-state index in [4.69, 9.17) is 16.3 Å². The third-order valence-electron chi connectivity index (χ3n) is 14.5. The van der Waals surface area contributed by atoms with Crippen LogP contribution < -0.4 is 26.0 Å². The number of piperazine rings is 1. The molecule has 5 amide bonds. The number of anilines is 3. The van der Waals surface area contributed by atoms with Crippen molar-refractivity contribution in [3.63, 3.8) is 0 Å². The highest BCUT2D eigenvalue weighted by atomic mass is 35.5. The molecule has 0 radical (unpaired) electrons. The predicted molar refractivity (Wildman–Crippen MR) is 296 cm³/mol. The van der Waals surface area contributed by atoms with Crippen molar-refractivity contribution in [2.24, 2.45) is 5.41 Å². The van der Waals surface area contributed by atoms with Crippen LogP contribution in [0.4, 0.5) is 21.6 Å². The number of amides is 5. The van der Waals surface area contributed by atoms with Crippen molar-refractivity contribution in [1.29, 1.82) is 0 Å². The Kier molecular flexibility index (Phi) is 18.9. The van der Waals surface area contributed by atoms with Crippen molar-refractivity contribution >= 4 is 80.6 Å². The van der Waals surface area contributed by atoms with Crippen LogP contribution in [-0.4, -0.2) is 153 Å². The Bertz CT molecular complexity index is 2940. The van der Waals surface area contributed by atoms with E-state index in [1.54, 1.807) is 29.5 Å². The molecule has 3 fully saturated rings. The average Bonchev–Trinajstić information content (AvgIpc) is 4.04. The lowest BCUT2D eigenvalue weighted by Gasteiger charge is -2.42. The summed E-state index contributed by atoms with van der Waals surface area (Å²) in [7, 11) is 1.51. The number of hydrogen-bond acceptors (Lipinski definition) is 14. The van der Waals surface area contributed by atoms with Crippen LogP contribution in [0.3, 0.4) is 0 Å². The molecule has 0 aliphatic carbocycles. The van der Waals surface area contributed by atoms with Gasteiger partial charge in [-0.05, 0) is 86.5 Å². The number of fused-ring (bicyclic) bond motifs is 1. The molecule has 3 aliphatic heterocycles. The first-order chi connectivity index (χ1) is 36.9. The lowest BCUT2D eigenvalue weighted by atomic mass is 9.85. The van der Waals surface area contributed by atoms with Crippen LogP contribution in [0, 0.1) is 18.2 Å². The third kappa shape index (κ3) is 14.7. The first kappa shape index (κ1) is 56.6. The molecule has 3 aromatic carbocycles. The van der Waals surface area contributed by atoms with Gasteiger partial charge in [-0.25, -0.2) is 19.3 Å². The van der Waals surface area contributed by atoms with Gasteiger partial charge in [0.15, 0.2) is 0 Å². The monoisotopic (exact) mass is 1090 g/mol. The topological polar surface area (TPSA) is 215 Å². The number of rotatable bonds is 19. The summed E-state index contributed by atoms with van der Waals surface area (Å²) in [5, 5.41) is 23.1. The van der Waals surface area contributed by atoms with Gasteiger partial charge in [-0.2, -0.15) is 0 Å². The van der Waals surface area contributed by atoms with Crippen LogP contribution in [0.1, 0.15) is 77.0 Å². The van der Waals surface area contributed by atoms with E-state index in [0.717, 1.165) is 60.7 Å². The second kappa shape index (κ2) is 25.7. The number of hydrogen-bond donors (Lipinski definition) is 5. The lowest BCUT2D eigenvalue weighted by Crippen LogP contribution is -2.57. The van der Waals surface area contributed by atoms with E-state index in [0.29, 0.717) is 78.8 Å². The molecule has 18 nitrogen and oxygen atoms in total. The first-order valence-corrected chi connectivity index (χ1v) is 27.5. The molecular formula is C56H69ClFN11O7S. The van der Waals surface area contributed by atoms with Gasteiger partial charge < -0.3 is 40.9 Å². The number of benzene rings is 3. The molecule has 5 N–H and O–H groups in total. The predicted octanol–water partition coefficient (Wildman–Crippen LogP) is 7.08.